The summed E-state index contributed by atoms with van der Waals surface area (Å²) in [6, 6.07) is 11.8. The highest BCUT2D eigenvalue weighted by molar-refractivity contribution is 6.35. The van der Waals surface area contributed by atoms with Crippen molar-refractivity contribution in [2.24, 2.45) is 0 Å². The van der Waals surface area contributed by atoms with Crippen LogP contribution in [0.15, 0.2) is 53.5 Å². The van der Waals surface area contributed by atoms with Crippen molar-refractivity contribution in [3.63, 3.8) is 0 Å². The van der Waals surface area contributed by atoms with Gasteiger partial charge in [-0.2, -0.15) is 0 Å². The molecule has 3 rings (SSSR count). The minimum absolute atomic E-state index is 0.0868. The first-order valence-corrected chi connectivity index (χ1v) is 9.15. The number of hydrogen-bond donors (Lipinski definition) is 1. The van der Waals surface area contributed by atoms with Crippen LogP contribution in [-0.4, -0.2) is 36.0 Å². The Morgan fingerprint density at radius 1 is 1.07 bits per heavy atom. The van der Waals surface area contributed by atoms with E-state index in [9.17, 15) is 9.59 Å². The van der Waals surface area contributed by atoms with Crippen LogP contribution in [0.25, 0.3) is 10.8 Å². The number of halogens is 2. The van der Waals surface area contributed by atoms with Gasteiger partial charge in [0.05, 0.1) is 0 Å². The number of anilines is 1. The van der Waals surface area contributed by atoms with Gasteiger partial charge < -0.3 is 14.8 Å². The van der Waals surface area contributed by atoms with Gasteiger partial charge in [0.15, 0.2) is 0 Å². The van der Waals surface area contributed by atoms with Gasteiger partial charge in [0.25, 0.3) is 11.5 Å². The molecule has 1 heterocycles. The SMILES string of the molecule is CN(C)CCn1ccc2c(NC(=O)c3cc(Cl)cc(Cl)c3)cccc2c1=O. The zero-order chi connectivity index (χ0) is 19.6. The molecule has 0 saturated heterocycles. The molecule has 3 aromatic rings. The van der Waals surface area contributed by atoms with Crippen LogP contribution in [0, 0.1) is 0 Å². The van der Waals surface area contributed by atoms with Gasteiger partial charge in [-0.1, -0.05) is 29.3 Å². The van der Waals surface area contributed by atoms with Crippen LogP contribution in [-0.2, 0) is 6.54 Å². The van der Waals surface area contributed by atoms with Crippen LogP contribution in [0.1, 0.15) is 10.4 Å². The second kappa shape index (κ2) is 8.13. The number of hydrogen-bond acceptors (Lipinski definition) is 3. The monoisotopic (exact) mass is 403 g/mol. The van der Waals surface area contributed by atoms with Crippen LogP contribution in [0.2, 0.25) is 10.0 Å². The Morgan fingerprint density at radius 2 is 1.78 bits per heavy atom. The van der Waals surface area contributed by atoms with Gasteiger partial charge in [0, 0.05) is 51.4 Å². The summed E-state index contributed by atoms with van der Waals surface area (Å²) < 4.78 is 1.67. The average molecular weight is 404 g/mol. The summed E-state index contributed by atoms with van der Waals surface area (Å²) in [5.74, 6) is -0.344. The van der Waals surface area contributed by atoms with Gasteiger partial charge in [-0.15, -0.1) is 0 Å². The van der Waals surface area contributed by atoms with E-state index in [0.717, 1.165) is 6.54 Å². The molecule has 0 aliphatic heterocycles. The van der Waals surface area contributed by atoms with Crippen molar-refractivity contribution in [3.05, 3.63) is 74.6 Å². The summed E-state index contributed by atoms with van der Waals surface area (Å²) in [7, 11) is 3.92. The van der Waals surface area contributed by atoms with Crippen molar-refractivity contribution in [2.75, 3.05) is 26.0 Å². The molecule has 0 saturated carbocycles. The molecule has 2 aromatic carbocycles. The van der Waals surface area contributed by atoms with Crippen LogP contribution in [0.5, 0.6) is 0 Å². The lowest BCUT2D eigenvalue weighted by Gasteiger charge is -2.13. The number of aromatic nitrogens is 1. The molecular formula is C20H19Cl2N3O2. The Labute approximate surface area is 167 Å². The molecule has 0 radical (unpaired) electrons. The molecule has 0 unspecified atom stereocenters. The lowest BCUT2D eigenvalue weighted by Crippen LogP contribution is -2.26. The van der Waals surface area contributed by atoms with E-state index in [0.29, 0.717) is 38.6 Å². The molecule has 0 aliphatic rings. The minimum atomic E-state index is -0.344. The smallest absolute Gasteiger partial charge is 0.258 e. The molecule has 7 heteroatoms. The Hall–Kier alpha value is -2.34. The first-order valence-electron chi connectivity index (χ1n) is 8.39. The molecule has 0 fully saturated rings. The number of likely N-dealkylation sites (N-methyl/N-ethyl adjacent to an activating group) is 1. The maximum Gasteiger partial charge on any atom is 0.258 e. The maximum absolute atomic E-state index is 12.7. The van der Waals surface area contributed by atoms with E-state index >= 15 is 0 Å². The van der Waals surface area contributed by atoms with Gasteiger partial charge in [-0.3, -0.25) is 9.59 Å². The lowest BCUT2D eigenvalue weighted by atomic mass is 10.1. The Balaban J connectivity index is 1.94. The first-order chi connectivity index (χ1) is 12.8. The van der Waals surface area contributed by atoms with Gasteiger partial charge >= 0.3 is 0 Å². The van der Waals surface area contributed by atoms with Crippen LogP contribution in [0.4, 0.5) is 5.69 Å². The molecule has 0 bridgehead atoms. The van der Waals surface area contributed by atoms with Crippen molar-refractivity contribution < 1.29 is 4.79 Å². The third-order valence-electron chi connectivity index (χ3n) is 4.18. The molecule has 0 aliphatic carbocycles. The predicted molar refractivity (Wildman–Crippen MR) is 111 cm³/mol. The number of carbonyl (C=O) groups is 1. The fourth-order valence-electron chi connectivity index (χ4n) is 2.79. The highest BCUT2D eigenvalue weighted by Gasteiger charge is 2.12. The van der Waals surface area contributed by atoms with Gasteiger partial charge in [0.2, 0.25) is 0 Å². The van der Waals surface area contributed by atoms with E-state index in [1.165, 1.54) is 0 Å². The van der Waals surface area contributed by atoms with Crippen molar-refractivity contribution in [1.82, 2.24) is 9.47 Å². The van der Waals surface area contributed by atoms with Crippen molar-refractivity contribution >= 4 is 45.6 Å². The lowest BCUT2D eigenvalue weighted by molar-refractivity contribution is 0.102. The minimum Gasteiger partial charge on any atom is -0.321 e. The zero-order valence-electron chi connectivity index (χ0n) is 15.0. The van der Waals surface area contributed by atoms with Gasteiger partial charge in [-0.05, 0) is 50.5 Å². The standard InChI is InChI=1S/C20H19Cl2N3O2/c1-24(2)8-9-25-7-6-16-17(20(25)27)4-3-5-18(16)23-19(26)13-10-14(21)12-15(22)11-13/h3-7,10-12H,8-9H2,1-2H3,(H,23,26). The highest BCUT2D eigenvalue weighted by atomic mass is 35.5. The number of nitrogens with zero attached hydrogens (tertiary/aromatic N) is 2. The van der Waals surface area contributed by atoms with Gasteiger partial charge in [-0.25, -0.2) is 0 Å². The fourth-order valence-corrected chi connectivity index (χ4v) is 3.32. The van der Waals surface area contributed by atoms with E-state index in [2.05, 4.69) is 5.32 Å². The Kier molecular flexibility index (Phi) is 5.85. The molecule has 140 valence electrons. The third-order valence-corrected chi connectivity index (χ3v) is 4.62. The van der Waals surface area contributed by atoms with E-state index in [-0.39, 0.29) is 11.5 Å². The van der Waals surface area contributed by atoms with Crippen LogP contribution >= 0.6 is 23.2 Å². The predicted octanol–water partition coefficient (Wildman–Crippen LogP) is 4.12. The summed E-state index contributed by atoms with van der Waals surface area (Å²) in [6.45, 7) is 1.36. The summed E-state index contributed by atoms with van der Waals surface area (Å²) >= 11 is 11.9. The maximum atomic E-state index is 12.7. The van der Waals surface area contributed by atoms with Crippen molar-refractivity contribution in [2.45, 2.75) is 6.54 Å². The van der Waals surface area contributed by atoms with Crippen molar-refractivity contribution in [1.29, 1.82) is 0 Å². The van der Waals surface area contributed by atoms with E-state index in [1.807, 2.05) is 25.1 Å². The summed E-state index contributed by atoms with van der Waals surface area (Å²) in [6.07, 6.45) is 1.75. The third kappa shape index (κ3) is 4.50. The average Bonchev–Trinajstić information content (AvgIpc) is 2.60. The number of benzene rings is 2. The number of carbonyl (C=O) groups excluding carboxylic acids is 1. The Morgan fingerprint density at radius 3 is 2.44 bits per heavy atom. The largest absolute Gasteiger partial charge is 0.321 e. The van der Waals surface area contributed by atoms with Crippen molar-refractivity contribution in [3.8, 4) is 0 Å². The molecular weight excluding hydrogens is 385 g/mol. The van der Waals surface area contributed by atoms with E-state index < -0.39 is 0 Å². The summed E-state index contributed by atoms with van der Waals surface area (Å²) in [4.78, 5) is 27.3. The highest BCUT2D eigenvalue weighted by Crippen LogP contribution is 2.23. The van der Waals surface area contributed by atoms with E-state index in [4.69, 9.17) is 23.2 Å². The van der Waals surface area contributed by atoms with E-state index in [1.54, 1.807) is 47.2 Å². The zero-order valence-corrected chi connectivity index (χ0v) is 16.5. The second-order valence-electron chi connectivity index (χ2n) is 6.50. The summed E-state index contributed by atoms with van der Waals surface area (Å²) in [5, 5.41) is 4.85. The van der Waals surface area contributed by atoms with Crippen LogP contribution in [0.3, 0.4) is 0 Å². The molecule has 5 nitrogen and oxygen atoms in total. The quantitative estimate of drug-likeness (QED) is 0.696. The number of fused-ring (bicyclic) bond motifs is 1. The van der Waals surface area contributed by atoms with Crippen LogP contribution < -0.4 is 10.9 Å². The molecule has 1 amide bonds. The number of amides is 1. The molecule has 27 heavy (non-hydrogen) atoms. The number of rotatable bonds is 5. The van der Waals surface area contributed by atoms with Gasteiger partial charge in [0.1, 0.15) is 0 Å². The molecule has 0 atom stereocenters. The molecule has 0 spiro atoms. The Bertz CT molecular complexity index is 1040. The molecule has 1 aromatic heterocycles. The number of nitrogens with one attached hydrogen (secondary N) is 1. The fraction of sp³-hybridized carbons (Fsp3) is 0.200. The first kappa shape index (κ1) is 19.4. The number of pyridine rings is 1. The topological polar surface area (TPSA) is 54.3 Å². The summed E-state index contributed by atoms with van der Waals surface area (Å²) in [5.41, 5.74) is 0.825. The normalized spacial score (nSPS) is 11.1. The molecule has 1 N–H and O–H groups in total. The second-order valence-corrected chi connectivity index (χ2v) is 7.37.